The normalized spacial score (nSPS) is 15.6. The molecule has 0 aliphatic carbocycles. The fraction of sp³-hybridized carbons (Fsp3) is 0.207. The van der Waals surface area contributed by atoms with Crippen LogP contribution in [0, 0.1) is 0 Å². The molecule has 0 spiro atoms. The molecule has 0 amide bonds. The maximum absolute atomic E-state index is 13.9. The van der Waals surface area contributed by atoms with Crippen LogP contribution in [0.25, 0.3) is 16.8 Å². The fourth-order valence-corrected chi connectivity index (χ4v) is 5.85. The van der Waals surface area contributed by atoms with E-state index in [1.54, 1.807) is 11.7 Å². The molecule has 5 rings (SSSR count). The van der Waals surface area contributed by atoms with Gasteiger partial charge in [-0.1, -0.05) is 53.8 Å². The Morgan fingerprint density at radius 2 is 1.81 bits per heavy atom. The van der Waals surface area contributed by atoms with Gasteiger partial charge in [0.1, 0.15) is 5.75 Å². The monoisotopic (exact) mass is 497 g/mol. The lowest BCUT2D eigenvalue weighted by molar-refractivity contribution is -0.114. The van der Waals surface area contributed by atoms with Gasteiger partial charge in [0.05, 0.1) is 17.7 Å². The van der Waals surface area contributed by atoms with E-state index in [1.165, 1.54) is 18.3 Å². The molecule has 7 heteroatoms. The third kappa shape index (κ3) is 3.95. The number of thiazole rings is 1. The average molecular weight is 498 g/mol. The Morgan fingerprint density at radius 3 is 2.47 bits per heavy atom. The molecule has 2 heterocycles. The molecule has 1 atom stereocenters. The minimum absolute atomic E-state index is 0.121. The number of ketones is 1. The zero-order valence-corrected chi connectivity index (χ0v) is 21.7. The molecule has 0 radical (unpaired) electrons. The first-order valence-corrected chi connectivity index (χ1v) is 12.5. The van der Waals surface area contributed by atoms with Crippen molar-refractivity contribution < 1.29 is 9.53 Å². The summed E-state index contributed by atoms with van der Waals surface area (Å²) < 4.78 is 7.98. The Labute approximate surface area is 213 Å². The van der Waals surface area contributed by atoms with E-state index in [0.717, 1.165) is 27.6 Å². The summed E-state index contributed by atoms with van der Waals surface area (Å²) in [5.41, 5.74) is 3.73. The molecule has 1 aliphatic rings. The molecule has 3 aromatic carbocycles. The van der Waals surface area contributed by atoms with Gasteiger partial charge in [0.25, 0.3) is 5.56 Å². The number of allylic oxidation sites excluding steroid dienone is 2. The second-order valence-corrected chi connectivity index (χ2v) is 10.0. The van der Waals surface area contributed by atoms with Crippen LogP contribution in [0.4, 0.5) is 5.69 Å². The van der Waals surface area contributed by atoms with Crippen LogP contribution in [0.2, 0.25) is 0 Å². The van der Waals surface area contributed by atoms with Gasteiger partial charge in [-0.3, -0.25) is 14.2 Å². The number of ether oxygens (including phenoxy) is 1. The van der Waals surface area contributed by atoms with Crippen LogP contribution >= 0.6 is 11.3 Å². The van der Waals surface area contributed by atoms with Crippen molar-refractivity contribution in [3.8, 4) is 5.75 Å². The number of hydrogen-bond donors (Lipinski definition) is 0. The largest absolute Gasteiger partial charge is 0.496 e. The summed E-state index contributed by atoms with van der Waals surface area (Å²) >= 11 is 1.33. The molecule has 0 N–H and O–H groups in total. The van der Waals surface area contributed by atoms with Crippen molar-refractivity contribution in [3.63, 3.8) is 0 Å². The average Bonchev–Trinajstić information content (AvgIpc) is 3.16. The quantitative estimate of drug-likeness (QED) is 0.417. The van der Waals surface area contributed by atoms with E-state index in [0.29, 0.717) is 26.4 Å². The van der Waals surface area contributed by atoms with Crippen molar-refractivity contribution >= 4 is 39.7 Å². The Kier molecular flexibility index (Phi) is 6.10. The fourth-order valence-electron chi connectivity index (χ4n) is 4.80. The van der Waals surface area contributed by atoms with E-state index in [4.69, 9.17) is 9.73 Å². The number of fused-ring (bicyclic) bond motifs is 2. The number of carbonyl (C=O) groups is 1. The van der Waals surface area contributed by atoms with E-state index in [2.05, 4.69) is 0 Å². The van der Waals surface area contributed by atoms with E-state index in [9.17, 15) is 9.59 Å². The minimum atomic E-state index is -0.641. The van der Waals surface area contributed by atoms with Crippen LogP contribution in [0.3, 0.4) is 0 Å². The van der Waals surface area contributed by atoms with Crippen LogP contribution in [0.15, 0.2) is 81.7 Å². The number of methoxy groups -OCH3 is 1. The topological polar surface area (TPSA) is 63.9 Å². The number of Topliss-reactive ketones (excluding diaryl/α,β-unsaturated/α-hetero) is 1. The zero-order valence-electron chi connectivity index (χ0n) is 20.9. The SMILES string of the molecule is COc1ccc2ccccc2c1[C@H]1C(C(C)=O)=C(C)N=c2s/c(=C/c3ccc(N(C)C)cc3)c(=O)n21. The third-order valence-corrected chi connectivity index (χ3v) is 7.52. The van der Waals surface area contributed by atoms with Gasteiger partial charge in [-0.25, -0.2) is 4.99 Å². The van der Waals surface area contributed by atoms with Gasteiger partial charge in [0.2, 0.25) is 0 Å². The van der Waals surface area contributed by atoms with Crippen molar-refractivity contribution in [1.29, 1.82) is 0 Å². The lowest BCUT2D eigenvalue weighted by Crippen LogP contribution is -2.39. The second-order valence-electron chi connectivity index (χ2n) is 9.03. The van der Waals surface area contributed by atoms with Gasteiger partial charge in [-0.05, 0) is 54.5 Å². The second kappa shape index (κ2) is 9.24. The summed E-state index contributed by atoms with van der Waals surface area (Å²) in [6, 6.07) is 19.2. The first kappa shape index (κ1) is 23.8. The minimum Gasteiger partial charge on any atom is -0.496 e. The van der Waals surface area contributed by atoms with Crippen LogP contribution in [0.1, 0.15) is 31.0 Å². The number of benzene rings is 3. The van der Waals surface area contributed by atoms with Crippen LogP contribution in [-0.4, -0.2) is 31.6 Å². The van der Waals surface area contributed by atoms with Gasteiger partial charge < -0.3 is 9.64 Å². The van der Waals surface area contributed by atoms with E-state index in [-0.39, 0.29) is 11.3 Å². The first-order valence-electron chi connectivity index (χ1n) is 11.7. The molecule has 0 fully saturated rings. The summed E-state index contributed by atoms with van der Waals surface area (Å²) in [4.78, 5) is 34.1. The lowest BCUT2D eigenvalue weighted by Gasteiger charge is -2.27. The number of hydrogen-bond acceptors (Lipinski definition) is 6. The summed E-state index contributed by atoms with van der Waals surface area (Å²) in [6.45, 7) is 3.36. The first-order chi connectivity index (χ1) is 17.3. The lowest BCUT2D eigenvalue weighted by atomic mass is 9.89. The molecule has 0 saturated heterocycles. The number of carbonyl (C=O) groups excluding carboxylic acids is 1. The smallest absolute Gasteiger partial charge is 0.271 e. The highest BCUT2D eigenvalue weighted by Crippen LogP contribution is 2.40. The molecule has 1 aromatic heterocycles. The van der Waals surface area contributed by atoms with Gasteiger partial charge >= 0.3 is 0 Å². The van der Waals surface area contributed by atoms with Crippen molar-refractivity contribution in [3.05, 3.63) is 103 Å². The van der Waals surface area contributed by atoms with E-state index < -0.39 is 6.04 Å². The highest BCUT2D eigenvalue weighted by molar-refractivity contribution is 7.07. The molecule has 4 aromatic rings. The predicted molar refractivity (Wildman–Crippen MR) is 146 cm³/mol. The highest BCUT2D eigenvalue weighted by atomic mass is 32.1. The van der Waals surface area contributed by atoms with Gasteiger partial charge in [0.15, 0.2) is 10.6 Å². The Bertz CT molecular complexity index is 1710. The van der Waals surface area contributed by atoms with E-state index >= 15 is 0 Å². The molecule has 36 heavy (non-hydrogen) atoms. The predicted octanol–water partition coefficient (Wildman–Crippen LogP) is 4.05. The molecule has 0 bridgehead atoms. The third-order valence-electron chi connectivity index (χ3n) is 6.53. The Hall–Kier alpha value is -3.97. The van der Waals surface area contributed by atoms with Crippen molar-refractivity contribution in [2.75, 3.05) is 26.1 Å². The standard InChI is InChI=1S/C29H27N3O3S/c1-17-25(18(2)33)27(26-22-9-7-6-8-20(22)12-15-23(26)35-5)32-28(34)24(36-29(32)30-17)16-19-10-13-21(14-11-19)31(3)4/h6-16,27H,1-5H3/b24-16+/t27-/m1/s1. The maximum atomic E-state index is 13.9. The molecule has 6 nitrogen and oxygen atoms in total. The van der Waals surface area contributed by atoms with Crippen molar-refractivity contribution in [2.24, 2.45) is 4.99 Å². The highest BCUT2D eigenvalue weighted by Gasteiger charge is 2.33. The number of anilines is 1. The molecule has 1 aliphatic heterocycles. The van der Waals surface area contributed by atoms with Crippen molar-refractivity contribution in [1.82, 2.24) is 4.57 Å². The Morgan fingerprint density at radius 1 is 1.08 bits per heavy atom. The van der Waals surface area contributed by atoms with E-state index in [1.807, 2.05) is 92.7 Å². The van der Waals surface area contributed by atoms with Gasteiger partial charge in [-0.15, -0.1) is 0 Å². The molecular formula is C29H27N3O3S. The molecule has 0 saturated carbocycles. The summed E-state index contributed by atoms with van der Waals surface area (Å²) in [5.74, 6) is 0.505. The molecule has 0 unspecified atom stereocenters. The van der Waals surface area contributed by atoms with Crippen LogP contribution in [0.5, 0.6) is 5.75 Å². The van der Waals surface area contributed by atoms with Gasteiger partial charge in [-0.2, -0.15) is 0 Å². The number of nitrogens with zero attached hydrogens (tertiary/aromatic N) is 3. The number of aromatic nitrogens is 1. The summed E-state index contributed by atoms with van der Waals surface area (Å²) in [6.07, 6.45) is 1.88. The van der Waals surface area contributed by atoms with Crippen LogP contribution in [-0.2, 0) is 4.79 Å². The maximum Gasteiger partial charge on any atom is 0.271 e. The molecular weight excluding hydrogens is 470 g/mol. The van der Waals surface area contributed by atoms with Gasteiger partial charge in [0, 0.05) is 36.6 Å². The summed E-state index contributed by atoms with van der Waals surface area (Å²) in [5, 5.41) is 1.94. The zero-order chi connectivity index (χ0) is 25.6. The molecule has 182 valence electrons. The summed E-state index contributed by atoms with van der Waals surface area (Å²) in [7, 11) is 5.59. The number of rotatable bonds is 5. The van der Waals surface area contributed by atoms with Crippen molar-refractivity contribution in [2.45, 2.75) is 19.9 Å². The van der Waals surface area contributed by atoms with Crippen LogP contribution < -0.4 is 24.5 Å². The Balaban J connectivity index is 1.80.